The minimum atomic E-state index is -0.281. The molecule has 3 aromatic rings. The molecule has 1 heterocycles. The van der Waals surface area contributed by atoms with Crippen molar-refractivity contribution in [2.45, 2.75) is 6.92 Å². The Bertz CT molecular complexity index is 868. The Labute approximate surface area is 148 Å². The van der Waals surface area contributed by atoms with Gasteiger partial charge in [0.25, 0.3) is 5.91 Å². The molecule has 0 atom stereocenters. The van der Waals surface area contributed by atoms with Gasteiger partial charge in [0.15, 0.2) is 0 Å². The maximum atomic E-state index is 12.3. The van der Waals surface area contributed by atoms with Gasteiger partial charge in [-0.15, -0.1) is 0 Å². The molecule has 0 unspecified atom stereocenters. The minimum Gasteiger partial charge on any atom is -0.340 e. The van der Waals surface area contributed by atoms with Gasteiger partial charge in [-0.05, 0) is 36.8 Å². The maximum Gasteiger partial charge on any atom is 0.274 e. The summed E-state index contributed by atoms with van der Waals surface area (Å²) < 4.78 is 1.00. The summed E-state index contributed by atoms with van der Waals surface area (Å²) in [5.41, 5.74) is 3.03. The lowest BCUT2D eigenvalue weighted by Crippen LogP contribution is -2.14. The molecule has 0 bridgehead atoms. The molecule has 1 amide bonds. The molecule has 120 valence electrons. The van der Waals surface area contributed by atoms with Crippen LogP contribution in [-0.2, 0) is 0 Å². The van der Waals surface area contributed by atoms with Crippen LogP contribution in [0.2, 0.25) is 0 Å². The number of carbonyl (C=O) groups excluding carboxylic acids is 1. The van der Waals surface area contributed by atoms with Crippen molar-refractivity contribution in [3.63, 3.8) is 0 Å². The SMILES string of the molecule is Cc1ccc(Nc2cc(C(=O)Nc3ccccc3)ncn2)cc1Br. The Kier molecular flexibility index (Phi) is 4.86. The number of aryl methyl sites for hydroxylation is 1. The lowest BCUT2D eigenvalue weighted by Gasteiger charge is -2.09. The molecule has 0 aliphatic heterocycles. The number of hydrogen-bond acceptors (Lipinski definition) is 4. The third-order valence-electron chi connectivity index (χ3n) is 3.38. The highest BCUT2D eigenvalue weighted by atomic mass is 79.9. The second kappa shape index (κ2) is 7.23. The van der Waals surface area contributed by atoms with E-state index in [1.54, 1.807) is 6.07 Å². The van der Waals surface area contributed by atoms with E-state index in [0.29, 0.717) is 11.5 Å². The van der Waals surface area contributed by atoms with E-state index in [-0.39, 0.29) is 5.91 Å². The molecule has 0 spiro atoms. The van der Waals surface area contributed by atoms with Crippen molar-refractivity contribution in [2.75, 3.05) is 10.6 Å². The molecule has 2 aromatic carbocycles. The second-order valence-electron chi connectivity index (χ2n) is 5.20. The predicted octanol–water partition coefficient (Wildman–Crippen LogP) is 4.54. The number of nitrogens with zero attached hydrogens (tertiary/aromatic N) is 2. The summed E-state index contributed by atoms with van der Waals surface area (Å²) in [4.78, 5) is 20.5. The molecular weight excluding hydrogens is 368 g/mol. The van der Waals surface area contributed by atoms with Crippen LogP contribution in [0.5, 0.6) is 0 Å². The largest absolute Gasteiger partial charge is 0.340 e. The van der Waals surface area contributed by atoms with Gasteiger partial charge in [0.2, 0.25) is 0 Å². The lowest BCUT2D eigenvalue weighted by molar-refractivity contribution is 0.102. The Hall–Kier alpha value is -2.73. The molecule has 0 saturated carbocycles. The summed E-state index contributed by atoms with van der Waals surface area (Å²) in [7, 11) is 0. The average molecular weight is 383 g/mol. The van der Waals surface area contributed by atoms with E-state index in [2.05, 4.69) is 36.5 Å². The monoisotopic (exact) mass is 382 g/mol. The smallest absolute Gasteiger partial charge is 0.274 e. The number of hydrogen-bond donors (Lipinski definition) is 2. The molecule has 0 aliphatic rings. The summed E-state index contributed by atoms with van der Waals surface area (Å²) in [6.07, 6.45) is 1.37. The van der Waals surface area contributed by atoms with E-state index in [1.807, 2.05) is 55.5 Å². The second-order valence-corrected chi connectivity index (χ2v) is 6.05. The fraction of sp³-hybridized carbons (Fsp3) is 0.0556. The van der Waals surface area contributed by atoms with Gasteiger partial charge < -0.3 is 10.6 Å². The zero-order chi connectivity index (χ0) is 16.9. The molecular formula is C18H15BrN4O. The van der Waals surface area contributed by atoms with Crippen LogP contribution in [0, 0.1) is 6.92 Å². The standard InChI is InChI=1S/C18H15BrN4O/c1-12-7-8-14(9-15(12)19)22-17-10-16(20-11-21-17)18(24)23-13-5-3-2-4-6-13/h2-11H,1H3,(H,23,24)(H,20,21,22). The van der Waals surface area contributed by atoms with Gasteiger partial charge >= 0.3 is 0 Å². The zero-order valence-corrected chi connectivity index (χ0v) is 14.5. The van der Waals surface area contributed by atoms with Gasteiger partial charge in [0, 0.05) is 21.9 Å². The van der Waals surface area contributed by atoms with Crippen molar-refractivity contribution < 1.29 is 4.79 Å². The zero-order valence-electron chi connectivity index (χ0n) is 13.0. The lowest BCUT2D eigenvalue weighted by atomic mass is 10.2. The van der Waals surface area contributed by atoms with Gasteiger partial charge in [-0.25, -0.2) is 9.97 Å². The molecule has 2 N–H and O–H groups in total. The fourth-order valence-corrected chi connectivity index (χ4v) is 2.46. The highest BCUT2D eigenvalue weighted by Gasteiger charge is 2.09. The van der Waals surface area contributed by atoms with E-state index in [4.69, 9.17) is 0 Å². The molecule has 0 saturated heterocycles. The summed E-state index contributed by atoms with van der Waals surface area (Å²) in [6.45, 7) is 2.02. The van der Waals surface area contributed by atoms with Crippen LogP contribution in [0.1, 0.15) is 16.1 Å². The maximum absolute atomic E-state index is 12.3. The van der Waals surface area contributed by atoms with Crippen LogP contribution in [0.3, 0.4) is 0 Å². The molecule has 24 heavy (non-hydrogen) atoms. The highest BCUT2D eigenvalue weighted by molar-refractivity contribution is 9.10. The Morgan fingerprint density at radius 3 is 2.54 bits per heavy atom. The van der Waals surface area contributed by atoms with Crippen molar-refractivity contribution in [3.8, 4) is 0 Å². The first kappa shape index (κ1) is 16.1. The van der Waals surface area contributed by atoms with Gasteiger partial charge in [-0.3, -0.25) is 4.79 Å². The number of anilines is 3. The molecule has 3 rings (SSSR count). The van der Waals surface area contributed by atoms with E-state index < -0.39 is 0 Å². The number of rotatable bonds is 4. The molecule has 0 fully saturated rings. The first-order chi connectivity index (χ1) is 11.6. The van der Waals surface area contributed by atoms with Crippen molar-refractivity contribution in [1.29, 1.82) is 0 Å². The molecule has 0 aliphatic carbocycles. The first-order valence-electron chi connectivity index (χ1n) is 7.33. The summed E-state index contributed by atoms with van der Waals surface area (Å²) in [5.74, 6) is 0.274. The van der Waals surface area contributed by atoms with Gasteiger partial charge in [-0.1, -0.05) is 40.2 Å². The van der Waals surface area contributed by atoms with E-state index in [9.17, 15) is 4.79 Å². The topological polar surface area (TPSA) is 66.9 Å². The fourth-order valence-electron chi connectivity index (χ4n) is 2.08. The van der Waals surface area contributed by atoms with Crippen LogP contribution in [0.25, 0.3) is 0 Å². The third kappa shape index (κ3) is 3.97. The van der Waals surface area contributed by atoms with Crippen LogP contribution >= 0.6 is 15.9 Å². The Morgan fingerprint density at radius 2 is 1.79 bits per heavy atom. The van der Waals surface area contributed by atoms with E-state index in [1.165, 1.54) is 6.33 Å². The number of amides is 1. The third-order valence-corrected chi connectivity index (χ3v) is 4.23. The van der Waals surface area contributed by atoms with Crippen LogP contribution in [0.15, 0.2) is 65.4 Å². The molecule has 0 radical (unpaired) electrons. The normalized spacial score (nSPS) is 10.2. The molecule has 5 nitrogen and oxygen atoms in total. The quantitative estimate of drug-likeness (QED) is 0.694. The van der Waals surface area contributed by atoms with Crippen molar-refractivity contribution >= 4 is 39.0 Å². The Morgan fingerprint density at radius 1 is 1.00 bits per heavy atom. The van der Waals surface area contributed by atoms with Crippen molar-refractivity contribution in [3.05, 3.63) is 76.7 Å². The minimum absolute atomic E-state index is 0.281. The summed E-state index contributed by atoms with van der Waals surface area (Å²) >= 11 is 3.50. The van der Waals surface area contributed by atoms with E-state index in [0.717, 1.165) is 21.4 Å². The van der Waals surface area contributed by atoms with Gasteiger partial charge in [0.1, 0.15) is 17.8 Å². The summed E-state index contributed by atoms with van der Waals surface area (Å²) in [6, 6.07) is 16.8. The first-order valence-corrected chi connectivity index (χ1v) is 8.13. The molecule has 1 aromatic heterocycles. The number of benzene rings is 2. The number of halogens is 1. The Balaban J connectivity index is 1.76. The van der Waals surface area contributed by atoms with Gasteiger partial charge in [-0.2, -0.15) is 0 Å². The van der Waals surface area contributed by atoms with Gasteiger partial charge in [0.05, 0.1) is 0 Å². The average Bonchev–Trinajstić information content (AvgIpc) is 2.59. The summed E-state index contributed by atoms with van der Waals surface area (Å²) in [5, 5.41) is 5.97. The van der Waals surface area contributed by atoms with Crippen LogP contribution in [-0.4, -0.2) is 15.9 Å². The van der Waals surface area contributed by atoms with E-state index >= 15 is 0 Å². The van der Waals surface area contributed by atoms with Crippen LogP contribution in [0.4, 0.5) is 17.2 Å². The molecule has 6 heteroatoms. The number of aromatic nitrogens is 2. The van der Waals surface area contributed by atoms with Crippen molar-refractivity contribution in [1.82, 2.24) is 9.97 Å². The number of nitrogens with one attached hydrogen (secondary N) is 2. The van der Waals surface area contributed by atoms with Crippen molar-refractivity contribution in [2.24, 2.45) is 0 Å². The predicted molar refractivity (Wildman–Crippen MR) is 98.6 cm³/mol. The number of carbonyl (C=O) groups is 1. The highest BCUT2D eigenvalue weighted by Crippen LogP contribution is 2.23. The number of para-hydroxylation sites is 1. The van der Waals surface area contributed by atoms with Crippen LogP contribution < -0.4 is 10.6 Å².